The van der Waals surface area contributed by atoms with Gasteiger partial charge < -0.3 is 4.74 Å². The van der Waals surface area contributed by atoms with Crippen molar-refractivity contribution in [3.8, 4) is 0 Å². The Kier molecular flexibility index (Phi) is 5.65. The van der Waals surface area contributed by atoms with Crippen molar-refractivity contribution in [2.24, 2.45) is 0 Å². The Hall–Kier alpha value is -1.28. The van der Waals surface area contributed by atoms with Crippen LogP contribution in [-0.4, -0.2) is 41.1 Å². The van der Waals surface area contributed by atoms with Gasteiger partial charge in [-0.3, -0.25) is 15.0 Å². The minimum Gasteiger partial charge on any atom is -0.373 e. The second-order valence-electron chi connectivity index (χ2n) is 6.06. The number of benzene rings is 1. The van der Waals surface area contributed by atoms with Gasteiger partial charge in [-0.1, -0.05) is 22.0 Å². The number of nitrogens with zero attached hydrogens (tertiary/aromatic N) is 2. The molecule has 1 N–H and O–H groups in total. The van der Waals surface area contributed by atoms with Crippen LogP contribution in [0.5, 0.6) is 0 Å². The highest BCUT2D eigenvalue weighted by Gasteiger charge is 2.22. The number of ether oxygens (including phenoxy) is 1. The number of rotatable bonds is 4. The van der Waals surface area contributed by atoms with E-state index in [0.29, 0.717) is 10.7 Å². The number of anilines is 1. The Labute approximate surface area is 154 Å². The summed E-state index contributed by atoms with van der Waals surface area (Å²) < 4.78 is 6.63. The Balaban J connectivity index is 1.60. The third-order valence-electron chi connectivity index (χ3n) is 3.74. The maximum absolute atomic E-state index is 12.3. The minimum absolute atomic E-state index is 0.147. The van der Waals surface area contributed by atoms with Gasteiger partial charge in [0.1, 0.15) is 0 Å². The van der Waals surface area contributed by atoms with Gasteiger partial charge in [-0.05, 0) is 32.0 Å². The van der Waals surface area contributed by atoms with Gasteiger partial charge in [-0.2, -0.15) is 0 Å². The first kappa shape index (κ1) is 17.5. The molecule has 2 aromatic rings. The summed E-state index contributed by atoms with van der Waals surface area (Å²) in [7, 11) is 0. The van der Waals surface area contributed by atoms with Crippen molar-refractivity contribution < 1.29 is 9.53 Å². The number of carbonyl (C=O) groups is 1. The zero-order valence-corrected chi connectivity index (χ0v) is 16.1. The molecule has 5 nitrogen and oxygen atoms in total. The zero-order valence-electron chi connectivity index (χ0n) is 13.7. The predicted octanol–water partition coefficient (Wildman–Crippen LogP) is 3.77. The Bertz CT molecular complexity index is 711. The normalized spacial score (nSPS) is 21.6. The SMILES string of the molecule is C[C@@H]1CN(Cc2csc(NC(=O)c3cccc(Br)c3)n2)C[C@H](C)O1. The first-order valence-corrected chi connectivity index (χ1v) is 9.56. The van der Waals surface area contributed by atoms with Gasteiger partial charge in [0.05, 0.1) is 17.9 Å². The smallest absolute Gasteiger partial charge is 0.257 e. The number of nitrogens with one attached hydrogen (secondary N) is 1. The Morgan fingerprint density at radius 2 is 2.17 bits per heavy atom. The average Bonchev–Trinajstić information content (AvgIpc) is 2.93. The maximum atomic E-state index is 12.3. The second kappa shape index (κ2) is 7.74. The van der Waals surface area contributed by atoms with Crippen molar-refractivity contribution in [1.29, 1.82) is 0 Å². The van der Waals surface area contributed by atoms with Crippen molar-refractivity contribution in [3.63, 3.8) is 0 Å². The van der Waals surface area contributed by atoms with Crippen LogP contribution in [0.2, 0.25) is 0 Å². The van der Waals surface area contributed by atoms with E-state index >= 15 is 0 Å². The summed E-state index contributed by atoms with van der Waals surface area (Å²) in [5, 5.41) is 5.50. The minimum atomic E-state index is -0.147. The fourth-order valence-electron chi connectivity index (χ4n) is 2.88. The summed E-state index contributed by atoms with van der Waals surface area (Å²) in [5.74, 6) is -0.147. The van der Waals surface area contributed by atoms with E-state index in [2.05, 4.69) is 45.0 Å². The summed E-state index contributed by atoms with van der Waals surface area (Å²) in [4.78, 5) is 19.1. The molecule has 0 unspecified atom stereocenters. The summed E-state index contributed by atoms with van der Waals surface area (Å²) in [6.45, 7) is 6.77. The lowest BCUT2D eigenvalue weighted by molar-refractivity contribution is -0.0707. The molecule has 128 valence electrons. The molecule has 7 heteroatoms. The van der Waals surface area contributed by atoms with E-state index in [4.69, 9.17) is 4.74 Å². The first-order valence-electron chi connectivity index (χ1n) is 7.89. The molecule has 0 bridgehead atoms. The largest absolute Gasteiger partial charge is 0.373 e. The van der Waals surface area contributed by atoms with Crippen molar-refractivity contribution in [3.05, 3.63) is 45.4 Å². The van der Waals surface area contributed by atoms with Crippen LogP contribution in [0.15, 0.2) is 34.1 Å². The van der Waals surface area contributed by atoms with Gasteiger partial charge in [-0.25, -0.2) is 4.98 Å². The molecule has 1 amide bonds. The lowest BCUT2D eigenvalue weighted by Gasteiger charge is -2.34. The van der Waals surface area contributed by atoms with E-state index in [1.54, 1.807) is 12.1 Å². The monoisotopic (exact) mass is 409 g/mol. The molecular formula is C17H20BrN3O2S. The number of morpholine rings is 1. The second-order valence-corrected chi connectivity index (χ2v) is 7.83. The first-order chi connectivity index (χ1) is 11.5. The molecule has 1 aliphatic rings. The van der Waals surface area contributed by atoms with Crippen LogP contribution in [0.1, 0.15) is 29.9 Å². The molecule has 2 heterocycles. The third kappa shape index (κ3) is 4.63. The summed E-state index contributed by atoms with van der Waals surface area (Å²) in [6, 6.07) is 7.31. The molecule has 0 saturated carbocycles. The molecule has 0 spiro atoms. The number of amides is 1. The Morgan fingerprint density at radius 1 is 1.42 bits per heavy atom. The average molecular weight is 410 g/mol. The summed E-state index contributed by atoms with van der Waals surface area (Å²) >= 11 is 4.83. The topological polar surface area (TPSA) is 54.5 Å². The highest BCUT2D eigenvalue weighted by Crippen LogP contribution is 2.20. The van der Waals surface area contributed by atoms with Crippen LogP contribution in [0.3, 0.4) is 0 Å². The molecule has 1 fully saturated rings. The standard InChI is InChI=1S/C17H20BrN3O2S/c1-11-7-21(8-12(2)23-11)9-15-10-24-17(19-15)20-16(22)13-4-3-5-14(18)6-13/h3-6,10-12H,7-9H2,1-2H3,(H,19,20,22)/t11-,12+. The summed E-state index contributed by atoms with van der Waals surface area (Å²) in [6.07, 6.45) is 0.478. The highest BCUT2D eigenvalue weighted by atomic mass is 79.9. The fraction of sp³-hybridized carbons (Fsp3) is 0.412. The van der Waals surface area contributed by atoms with Gasteiger partial charge >= 0.3 is 0 Å². The van der Waals surface area contributed by atoms with Crippen LogP contribution in [0.25, 0.3) is 0 Å². The van der Waals surface area contributed by atoms with Crippen LogP contribution < -0.4 is 5.32 Å². The van der Waals surface area contributed by atoms with E-state index in [-0.39, 0.29) is 18.1 Å². The lowest BCUT2D eigenvalue weighted by atomic mass is 10.2. The predicted molar refractivity (Wildman–Crippen MR) is 99.5 cm³/mol. The van der Waals surface area contributed by atoms with Crippen LogP contribution in [0, 0.1) is 0 Å². The van der Waals surface area contributed by atoms with E-state index < -0.39 is 0 Å². The van der Waals surface area contributed by atoms with Crippen molar-refractivity contribution in [2.45, 2.75) is 32.6 Å². The van der Waals surface area contributed by atoms with Gasteiger partial charge in [-0.15, -0.1) is 11.3 Å². The zero-order chi connectivity index (χ0) is 17.1. The molecule has 1 aromatic heterocycles. The number of thiazole rings is 1. The summed E-state index contributed by atoms with van der Waals surface area (Å²) in [5.41, 5.74) is 1.59. The van der Waals surface area contributed by atoms with Crippen LogP contribution in [-0.2, 0) is 11.3 Å². The number of hydrogen-bond acceptors (Lipinski definition) is 5. The van der Waals surface area contributed by atoms with E-state index in [9.17, 15) is 4.79 Å². The third-order valence-corrected chi connectivity index (χ3v) is 5.04. The van der Waals surface area contributed by atoms with Gasteiger partial charge in [0.2, 0.25) is 0 Å². The quantitative estimate of drug-likeness (QED) is 0.834. The van der Waals surface area contributed by atoms with Crippen molar-refractivity contribution in [1.82, 2.24) is 9.88 Å². The van der Waals surface area contributed by atoms with Gasteiger partial charge in [0, 0.05) is 35.1 Å². The van der Waals surface area contributed by atoms with Gasteiger partial charge in [0.25, 0.3) is 5.91 Å². The molecule has 0 aliphatic carbocycles. The van der Waals surface area contributed by atoms with E-state index in [1.165, 1.54) is 11.3 Å². The molecular weight excluding hydrogens is 390 g/mol. The van der Waals surface area contributed by atoms with Gasteiger partial charge in [0.15, 0.2) is 5.13 Å². The van der Waals surface area contributed by atoms with E-state index in [0.717, 1.165) is 29.8 Å². The Morgan fingerprint density at radius 3 is 2.88 bits per heavy atom. The molecule has 24 heavy (non-hydrogen) atoms. The van der Waals surface area contributed by atoms with Crippen LogP contribution in [0.4, 0.5) is 5.13 Å². The fourth-order valence-corrected chi connectivity index (χ4v) is 3.97. The molecule has 1 aliphatic heterocycles. The number of halogens is 1. The number of hydrogen-bond donors (Lipinski definition) is 1. The number of carbonyl (C=O) groups excluding carboxylic acids is 1. The van der Waals surface area contributed by atoms with Crippen LogP contribution >= 0.6 is 27.3 Å². The van der Waals surface area contributed by atoms with Crippen molar-refractivity contribution >= 4 is 38.3 Å². The molecule has 1 aromatic carbocycles. The molecule has 1 saturated heterocycles. The lowest BCUT2D eigenvalue weighted by Crippen LogP contribution is -2.44. The molecule has 3 rings (SSSR count). The maximum Gasteiger partial charge on any atom is 0.257 e. The molecule has 2 atom stereocenters. The number of aromatic nitrogens is 1. The van der Waals surface area contributed by atoms with Crippen molar-refractivity contribution in [2.75, 3.05) is 18.4 Å². The highest BCUT2D eigenvalue weighted by molar-refractivity contribution is 9.10. The van der Waals surface area contributed by atoms with E-state index in [1.807, 2.05) is 17.5 Å². The molecule has 0 radical (unpaired) electrons.